The third-order valence-corrected chi connectivity index (χ3v) is 4.24. The number of benzene rings is 2. The first-order chi connectivity index (χ1) is 12.1. The van der Waals surface area contributed by atoms with Crippen molar-refractivity contribution in [3.05, 3.63) is 70.6 Å². The van der Waals surface area contributed by atoms with Crippen LogP contribution in [0, 0.1) is 0 Å². The van der Waals surface area contributed by atoms with Crippen molar-refractivity contribution >= 4 is 40.4 Å². The lowest BCUT2D eigenvalue weighted by molar-refractivity contribution is 0.415. The van der Waals surface area contributed by atoms with Crippen molar-refractivity contribution in [2.24, 2.45) is 5.73 Å². The largest absolute Gasteiger partial charge is 0.497 e. The molecule has 3 aromatic rings. The molecule has 0 atom stereocenters. The number of anilines is 3. The van der Waals surface area contributed by atoms with E-state index in [-0.39, 0.29) is 6.54 Å². The van der Waals surface area contributed by atoms with Crippen molar-refractivity contribution in [2.75, 3.05) is 12.0 Å². The highest BCUT2D eigenvalue weighted by Crippen LogP contribution is 2.40. The van der Waals surface area contributed by atoms with Crippen molar-refractivity contribution in [1.82, 2.24) is 9.97 Å². The molecule has 25 heavy (non-hydrogen) atoms. The van der Waals surface area contributed by atoms with Crippen LogP contribution in [0.5, 0.6) is 5.75 Å². The predicted molar refractivity (Wildman–Crippen MR) is 101 cm³/mol. The van der Waals surface area contributed by atoms with Gasteiger partial charge in [0.15, 0.2) is 0 Å². The van der Waals surface area contributed by atoms with E-state index in [4.69, 9.17) is 33.7 Å². The molecule has 0 saturated carbocycles. The molecule has 0 amide bonds. The summed E-state index contributed by atoms with van der Waals surface area (Å²) in [6.07, 6.45) is 3.15. The molecule has 0 saturated heterocycles. The van der Waals surface area contributed by atoms with Gasteiger partial charge < -0.3 is 10.5 Å². The van der Waals surface area contributed by atoms with Gasteiger partial charge in [0, 0.05) is 34.4 Å². The normalized spacial score (nSPS) is 10.6. The fourth-order valence-corrected chi connectivity index (χ4v) is 3.11. The number of halogens is 2. The Morgan fingerprint density at radius 2 is 2.00 bits per heavy atom. The van der Waals surface area contributed by atoms with Crippen LogP contribution in [-0.4, -0.2) is 17.1 Å². The van der Waals surface area contributed by atoms with E-state index >= 15 is 0 Å². The number of methoxy groups -OCH3 is 1. The average molecular weight is 375 g/mol. The Balaban J connectivity index is 2.26. The average Bonchev–Trinajstić information content (AvgIpc) is 2.63. The van der Waals surface area contributed by atoms with Crippen LogP contribution in [0.15, 0.2) is 55.0 Å². The summed E-state index contributed by atoms with van der Waals surface area (Å²) in [5, 5.41) is 1.02. The van der Waals surface area contributed by atoms with Crippen LogP contribution in [0.2, 0.25) is 10.0 Å². The van der Waals surface area contributed by atoms with Crippen LogP contribution in [-0.2, 0) is 6.54 Å². The number of hydrogen-bond donors (Lipinski definition) is 1. The summed E-state index contributed by atoms with van der Waals surface area (Å²) in [5.41, 5.74) is 8.31. The molecular formula is C18H16Cl2N4O. The molecule has 1 heterocycles. The second-order valence-electron chi connectivity index (χ2n) is 5.19. The highest BCUT2D eigenvalue weighted by molar-refractivity contribution is 6.35. The Morgan fingerprint density at radius 3 is 2.68 bits per heavy atom. The maximum atomic E-state index is 6.36. The Hall–Kier alpha value is -2.34. The van der Waals surface area contributed by atoms with Crippen LogP contribution in [0.25, 0.3) is 0 Å². The number of nitrogens with two attached hydrogens (primary N) is 1. The van der Waals surface area contributed by atoms with Crippen molar-refractivity contribution in [1.29, 1.82) is 0 Å². The fraction of sp³-hybridized carbons (Fsp3) is 0.111. The monoisotopic (exact) mass is 374 g/mol. The molecule has 0 aliphatic rings. The Morgan fingerprint density at radius 1 is 1.16 bits per heavy atom. The summed E-state index contributed by atoms with van der Waals surface area (Å²) in [4.78, 5) is 10.3. The minimum Gasteiger partial charge on any atom is -0.497 e. The van der Waals surface area contributed by atoms with Gasteiger partial charge in [-0.15, -0.1) is 0 Å². The molecule has 2 N–H and O–H groups in total. The molecule has 7 heteroatoms. The maximum absolute atomic E-state index is 6.36. The second kappa shape index (κ2) is 7.70. The summed E-state index contributed by atoms with van der Waals surface area (Å²) in [5.74, 6) is 1.38. The highest BCUT2D eigenvalue weighted by Gasteiger charge is 2.19. The molecule has 0 unspecified atom stereocenters. The lowest BCUT2D eigenvalue weighted by Crippen LogP contribution is -2.15. The van der Waals surface area contributed by atoms with Gasteiger partial charge in [-0.3, -0.25) is 4.90 Å². The summed E-state index contributed by atoms with van der Waals surface area (Å²) in [6, 6.07) is 12.9. The number of aromatic nitrogens is 2. The molecule has 1 aromatic heterocycles. The first kappa shape index (κ1) is 17.5. The fourth-order valence-electron chi connectivity index (χ4n) is 2.55. The molecule has 0 fully saturated rings. The Labute approximate surface area is 156 Å². The molecule has 5 nitrogen and oxygen atoms in total. The highest BCUT2D eigenvalue weighted by atomic mass is 35.5. The lowest BCUT2D eigenvalue weighted by atomic mass is 10.1. The summed E-state index contributed by atoms with van der Waals surface area (Å²) < 4.78 is 5.34. The van der Waals surface area contributed by atoms with Crippen molar-refractivity contribution < 1.29 is 4.74 Å². The van der Waals surface area contributed by atoms with E-state index in [0.29, 0.717) is 15.9 Å². The minimum atomic E-state index is 0.261. The van der Waals surface area contributed by atoms with Crippen LogP contribution >= 0.6 is 23.2 Å². The van der Waals surface area contributed by atoms with Crippen LogP contribution in [0.1, 0.15) is 5.56 Å². The van der Waals surface area contributed by atoms with E-state index in [1.54, 1.807) is 25.4 Å². The van der Waals surface area contributed by atoms with Crippen LogP contribution < -0.4 is 15.4 Å². The number of ether oxygens (including phenoxy) is 1. The van der Waals surface area contributed by atoms with Gasteiger partial charge in [-0.25, -0.2) is 9.97 Å². The van der Waals surface area contributed by atoms with Crippen molar-refractivity contribution in [3.8, 4) is 5.75 Å². The molecule has 3 rings (SSSR count). The molecule has 0 spiro atoms. The summed E-state index contributed by atoms with van der Waals surface area (Å²) in [6.45, 7) is 0.261. The van der Waals surface area contributed by atoms with Gasteiger partial charge in [0.2, 0.25) is 0 Å². The minimum absolute atomic E-state index is 0.261. The SMILES string of the molecule is COc1cccc(N(c2ccncn2)c2cc(Cl)cc(Cl)c2CN)c1. The zero-order valence-corrected chi connectivity index (χ0v) is 15.0. The number of nitrogens with zero attached hydrogens (tertiary/aromatic N) is 3. The van der Waals surface area contributed by atoms with E-state index in [1.807, 2.05) is 35.2 Å². The zero-order valence-electron chi connectivity index (χ0n) is 13.5. The second-order valence-corrected chi connectivity index (χ2v) is 6.04. The lowest BCUT2D eigenvalue weighted by Gasteiger charge is -2.27. The van der Waals surface area contributed by atoms with Gasteiger partial charge in [0.05, 0.1) is 18.5 Å². The van der Waals surface area contributed by atoms with E-state index in [0.717, 1.165) is 22.7 Å². The standard InChI is InChI=1S/C18H16Cl2N4O/c1-25-14-4-2-3-13(9-14)24(18-5-6-22-11-23-18)17-8-12(19)7-16(20)15(17)10-21/h2-9,11H,10,21H2,1H3. The number of rotatable bonds is 5. The van der Waals surface area contributed by atoms with Gasteiger partial charge in [0.1, 0.15) is 17.9 Å². The summed E-state index contributed by atoms with van der Waals surface area (Å²) >= 11 is 12.6. The molecule has 0 radical (unpaired) electrons. The molecule has 2 aromatic carbocycles. The topological polar surface area (TPSA) is 64.3 Å². The third kappa shape index (κ3) is 3.69. The summed E-state index contributed by atoms with van der Waals surface area (Å²) in [7, 11) is 1.62. The van der Waals surface area contributed by atoms with Gasteiger partial charge in [-0.05, 0) is 30.3 Å². The van der Waals surface area contributed by atoms with Gasteiger partial charge in [-0.1, -0.05) is 29.3 Å². The predicted octanol–water partition coefficient (Wildman–Crippen LogP) is 4.72. The van der Waals surface area contributed by atoms with Crippen LogP contribution in [0.4, 0.5) is 17.2 Å². The first-order valence-electron chi connectivity index (χ1n) is 7.52. The molecule has 0 bridgehead atoms. The quantitative estimate of drug-likeness (QED) is 0.699. The van der Waals surface area contributed by atoms with E-state index < -0.39 is 0 Å². The number of hydrogen-bond acceptors (Lipinski definition) is 5. The van der Waals surface area contributed by atoms with E-state index in [1.165, 1.54) is 6.33 Å². The van der Waals surface area contributed by atoms with Crippen LogP contribution in [0.3, 0.4) is 0 Å². The van der Waals surface area contributed by atoms with Crippen molar-refractivity contribution in [2.45, 2.75) is 6.54 Å². The molecule has 128 valence electrons. The first-order valence-corrected chi connectivity index (χ1v) is 8.28. The maximum Gasteiger partial charge on any atom is 0.140 e. The Kier molecular flexibility index (Phi) is 5.38. The van der Waals surface area contributed by atoms with Crippen molar-refractivity contribution in [3.63, 3.8) is 0 Å². The molecular weight excluding hydrogens is 359 g/mol. The third-order valence-electron chi connectivity index (χ3n) is 3.69. The van der Waals surface area contributed by atoms with E-state index in [2.05, 4.69) is 9.97 Å². The molecule has 0 aliphatic carbocycles. The van der Waals surface area contributed by atoms with E-state index in [9.17, 15) is 0 Å². The zero-order chi connectivity index (χ0) is 17.8. The van der Waals surface area contributed by atoms with Gasteiger partial charge in [0.25, 0.3) is 0 Å². The molecule has 0 aliphatic heterocycles. The van der Waals surface area contributed by atoms with Gasteiger partial charge >= 0.3 is 0 Å². The van der Waals surface area contributed by atoms with Gasteiger partial charge in [-0.2, -0.15) is 0 Å². The Bertz CT molecular complexity index is 874. The smallest absolute Gasteiger partial charge is 0.140 e.